The van der Waals surface area contributed by atoms with Gasteiger partial charge < -0.3 is 5.73 Å². The number of amides is 1. The van der Waals surface area contributed by atoms with E-state index in [4.69, 9.17) is 5.73 Å². The molecule has 0 saturated heterocycles. The third-order valence-corrected chi connectivity index (χ3v) is 4.78. The molecule has 0 spiro atoms. The molecular formula is C19H15F3N6O. The van der Waals surface area contributed by atoms with Gasteiger partial charge in [-0.05, 0) is 35.9 Å². The van der Waals surface area contributed by atoms with Gasteiger partial charge in [-0.3, -0.25) is 19.8 Å². The first-order chi connectivity index (χ1) is 13.9. The first kappa shape index (κ1) is 18.7. The van der Waals surface area contributed by atoms with E-state index in [9.17, 15) is 18.0 Å². The number of pyridine rings is 1. The summed E-state index contributed by atoms with van der Waals surface area (Å²) in [5, 5.41) is 6.40. The van der Waals surface area contributed by atoms with Crippen molar-refractivity contribution in [3.8, 4) is 11.3 Å². The van der Waals surface area contributed by atoms with Gasteiger partial charge in [0.2, 0.25) is 5.54 Å². The molecule has 1 aliphatic rings. The van der Waals surface area contributed by atoms with E-state index in [1.807, 2.05) is 0 Å². The fourth-order valence-electron chi connectivity index (χ4n) is 3.29. The molecule has 0 saturated carbocycles. The zero-order chi connectivity index (χ0) is 20.8. The molecule has 1 unspecified atom stereocenters. The lowest BCUT2D eigenvalue weighted by molar-refractivity contribution is -0.129. The minimum atomic E-state index is -1.89. The Morgan fingerprint density at radius 1 is 1.24 bits per heavy atom. The molecule has 0 bridgehead atoms. The number of aromatic nitrogens is 3. The third kappa shape index (κ3) is 2.75. The van der Waals surface area contributed by atoms with Crippen LogP contribution in [0.15, 0.2) is 47.6 Å². The summed E-state index contributed by atoms with van der Waals surface area (Å²) < 4.78 is 42.2. The Bertz CT molecular complexity index is 1130. The number of alkyl halides is 1. The van der Waals surface area contributed by atoms with Crippen LogP contribution in [-0.4, -0.2) is 39.0 Å². The van der Waals surface area contributed by atoms with Crippen molar-refractivity contribution in [2.45, 2.75) is 12.2 Å². The number of H-pyrrole nitrogens is 1. The van der Waals surface area contributed by atoms with Gasteiger partial charge in [-0.15, -0.1) is 0 Å². The number of nitrogens with two attached hydrogens (primary N) is 1. The molecule has 2 aromatic heterocycles. The maximum Gasteiger partial charge on any atom is 0.267 e. The Morgan fingerprint density at radius 3 is 2.66 bits per heavy atom. The Hall–Kier alpha value is -3.69. The van der Waals surface area contributed by atoms with Crippen molar-refractivity contribution in [1.29, 1.82) is 0 Å². The Kier molecular flexibility index (Phi) is 4.33. The monoisotopic (exact) mass is 400 g/mol. The second-order valence-corrected chi connectivity index (χ2v) is 6.47. The molecule has 3 heterocycles. The SMILES string of the molecule is CN1C(=O)C(c2cc(F)c(F)c(-c3cc[nH]n3)c2)(c2cccc(CF)n2)N=C1N. The number of likely N-dealkylation sites (N-methyl/N-ethyl adjacent to an activating group) is 1. The number of guanidine groups is 1. The molecule has 1 aliphatic heterocycles. The van der Waals surface area contributed by atoms with Gasteiger partial charge in [0.1, 0.15) is 6.67 Å². The average molecular weight is 400 g/mol. The van der Waals surface area contributed by atoms with Crippen LogP contribution in [0.3, 0.4) is 0 Å². The van der Waals surface area contributed by atoms with Gasteiger partial charge in [0.15, 0.2) is 17.6 Å². The molecule has 1 aromatic carbocycles. The van der Waals surface area contributed by atoms with E-state index < -0.39 is 29.8 Å². The third-order valence-electron chi connectivity index (χ3n) is 4.78. The lowest BCUT2D eigenvalue weighted by atomic mass is 9.84. The van der Waals surface area contributed by atoms with Crippen LogP contribution < -0.4 is 5.73 Å². The Labute approximate surface area is 163 Å². The minimum Gasteiger partial charge on any atom is -0.369 e. The van der Waals surface area contributed by atoms with Gasteiger partial charge in [-0.1, -0.05) is 6.07 Å². The molecular weight excluding hydrogens is 385 g/mol. The van der Waals surface area contributed by atoms with E-state index in [1.54, 1.807) is 0 Å². The number of hydrogen-bond acceptors (Lipinski definition) is 5. The van der Waals surface area contributed by atoms with E-state index in [1.165, 1.54) is 43.6 Å². The van der Waals surface area contributed by atoms with E-state index in [0.717, 1.165) is 11.0 Å². The summed E-state index contributed by atoms with van der Waals surface area (Å²) in [6.07, 6.45) is 1.45. The maximum absolute atomic E-state index is 14.5. The number of nitrogens with zero attached hydrogens (tertiary/aromatic N) is 4. The molecule has 1 atom stereocenters. The first-order valence-corrected chi connectivity index (χ1v) is 8.54. The lowest BCUT2D eigenvalue weighted by Crippen LogP contribution is -2.41. The highest BCUT2D eigenvalue weighted by atomic mass is 19.2. The predicted octanol–water partition coefficient (Wildman–Crippen LogP) is 2.25. The number of carbonyl (C=O) groups is 1. The summed E-state index contributed by atoms with van der Waals surface area (Å²) in [7, 11) is 1.40. The highest BCUT2D eigenvalue weighted by molar-refractivity contribution is 6.08. The molecule has 10 heteroatoms. The van der Waals surface area contributed by atoms with Crippen LogP contribution in [0.5, 0.6) is 0 Å². The van der Waals surface area contributed by atoms with Gasteiger partial charge in [-0.2, -0.15) is 5.10 Å². The molecule has 0 aliphatic carbocycles. The van der Waals surface area contributed by atoms with Crippen molar-refractivity contribution >= 4 is 11.9 Å². The van der Waals surface area contributed by atoms with E-state index >= 15 is 0 Å². The molecule has 1 amide bonds. The van der Waals surface area contributed by atoms with Crippen molar-refractivity contribution < 1.29 is 18.0 Å². The van der Waals surface area contributed by atoms with Crippen LogP contribution in [0.2, 0.25) is 0 Å². The van der Waals surface area contributed by atoms with Crippen LogP contribution in [0.1, 0.15) is 17.0 Å². The quantitative estimate of drug-likeness (QED) is 0.702. The molecule has 3 aromatic rings. The second-order valence-electron chi connectivity index (χ2n) is 6.47. The zero-order valence-corrected chi connectivity index (χ0v) is 15.2. The number of carbonyl (C=O) groups excluding carboxylic acids is 1. The highest BCUT2D eigenvalue weighted by Crippen LogP contribution is 2.40. The molecule has 7 nitrogen and oxygen atoms in total. The topological polar surface area (TPSA) is 100 Å². The van der Waals surface area contributed by atoms with Crippen LogP contribution in [0.25, 0.3) is 11.3 Å². The number of rotatable bonds is 4. The number of benzene rings is 1. The number of hydrogen-bond donors (Lipinski definition) is 2. The maximum atomic E-state index is 14.5. The van der Waals surface area contributed by atoms with Crippen molar-refractivity contribution in [3.63, 3.8) is 0 Å². The minimum absolute atomic E-state index is 0.00444. The van der Waals surface area contributed by atoms with Crippen LogP contribution in [-0.2, 0) is 17.0 Å². The number of nitrogens with one attached hydrogen (secondary N) is 1. The van der Waals surface area contributed by atoms with Crippen molar-refractivity contribution in [2.75, 3.05) is 7.05 Å². The van der Waals surface area contributed by atoms with E-state index in [-0.39, 0.29) is 34.2 Å². The normalized spacial score (nSPS) is 19.0. The van der Waals surface area contributed by atoms with E-state index in [0.29, 0.717) is 0 Å². The molecule has 0 radical (unpaired) electrons. The van der Waals surface area contributed by atoms with Crippen molar-refractivity contribution in [3.05, 3.63) is 71.2 Å². The van der Waals surface area contributed by atoms with Gasteiger partial charge >= 0.3 is 0 Å². The number of aromatic amines is 1. The van der Waals surface area contributed by atoms with Gasteiger partial charge in [-0.25, -0.2) is 18.2 Å². The summed E-state index contributed by atoms with van der Waals surface area (Å²) in [6.45, 7) is -0.872. The Balaban J connectivity index is 2.03. The highest BCUT2D eigenvalue weighted by Gasteiger charge is 2.51. The van der Waals surface area contributed by atoms with E-state index in [2.05, 4.69) is 20.2 Å². The molecule has 148 valence electrons. The molecule has 4 rings (SSSR count). The molecule has 29 heavy (non-hydrogen) atoms. The predicted molar refractivity (Wildman–Crippen MR) is 98.2 cm³/mol. The average Bonchev–Trinajstić information content (AvgIpc) is 3.34. The Morgan fingerprint density at radius 2 is 2.03 bits per heavy atom. The number of aliphatic imine (C=N–C) groups is 1. The van der Waals surface area contributed by atoms with Crippen molar-refractivity contribution in [2.24, 2.45) is 10.7 Å². The summed E-state index contributed by atoms with van der Waals surface area (Å²) >= 11 is 0. The standard InChI is InChI=1S/C19H15F3N6O/c1-28-17(29)19(26-18(28)23,15-4-2-3-11(9-20)25-15)10-7-12(14-5-6-24-27-14)16(22)13(21)8-10/h2-8H,9H2,1H3,(H2,23,26)(H,24,27). The fraction of sp³-hybridized carbons (Fsp3) is 0.158. The smallest absolute Gasteiger partial charge is 0.267 e. The van der Waals surface area contributed by atoms with Crippen LogP contribution in [0.4, 0.5) is 13.2 Å². The molecule has 3 N–H and O–H groups in total. The van der Waals surface area contributed by atoms with Gasteiger partial charge in [0.25, 0.3) is 5.91 Å². The van der Waals surface area contributed by atoms with Gasteiger partial charge in [0, 0.05) is 18.8 Å². The lowest BCUT2D eigenvalue weighted by Gasteiger charge is -2.26. The molecule has 0 fully saturated rings. The van der Waals surface area contributed by atoms with Crippen LogP contribution >= 0.6 is 0 Å². The first-order valence-electron chi connectivity index (χ1n) is 8.54. The summed E-state index contributed by atoms with van der Waals surface area (Å²) in [6, 6.07) is 7.99. The fourth-order valence-corrected chi connectivity index (χ4v) is 3.29. The van der Waals surface area contributed by atoms with Crippen molar-refractivity contribution in [1.82, 2.24) is 20.1 Å². The number of halogens is 3. The summed E-state index contributed by atoms with van der Waals surface area (Å²) in [5.74, 6) is -3.08. The zero-order valence-electron chi connectivity index (χ0n) is 15.2. The summed E-state index contributed by atoms with van der Waals surface area (Å²) in [5.41, 5.74) is 4.05. The summed E-state index contributed by atoms with van der Waals surface area (Å²) in [4.78, 5) is 22.7. The second kappa shape index (κ2) is 6.73. The van der Waals surface area contributed by atoms with Gasteiger partial charge in [0.05, 0.1) is 17.1 Å². The largest absolute Gasteiger partial charge is 0.369 e. The van der Waals surface area contributed by atoms with Crippen LogP contribution in [0, 0.1) is 11.6 Å².